The van der Waals surface area contributed by atoms with Gasteiger partial charge in [-0.05, 0) is 55.5 Å². The van der Waals surface area contributed by atoms with Crippen LogP contribution in [0, 0.1) is 5.92 Å². The highest BCUT2D eigenvalue weighted by molar-refractivity contribution is 14.0. The van der Waals surface area contributed by atoms with Crippen LogP contribution in [-0.2, 0) is 13.1 Å². The number of piperidine rings is 1. The fourth-order valence-corrected chi connectivity index (χ4v) is 4.53. The largest absolute Gasteiger partial charge is 0.497 e. The lowest BCUT2D eigenvalue weighted by atomic mass is 9.96. The molecule has 2 N–H and O–H groups in total. The number of guanidine groups is 1. The number of likely N-dealkylation sites (tertiary alicyclic amines) is 1. The number of ether oxygens (including phenoxy) is 1. The first-order valence-corrected chi connectivity index (χ1v) is 11.7. The average Bonchev–Trinajstić information content (AvgIpc) is 3.25. The number of nitrogens with one attached hydrogen (secondary N) is 2. The molecule has 0 atom stereocenters. The van der Waals surface area contributed by atoms with Gasteiger partial charge in [-0.15, -0.1) is 35.3 Å². The number of halogens is 1. The van der Waals surface area contributed by atoms with Gasteiger partial charge in [-0.25, -0.2) is 4.98 Å². The Morgan fingerprint density at radius 3 is 2.52 bits per heavy atom. The van der Waals surface area contributed by atoms with E-state index in [-0.39, 0.29) is 24.0 Å². The van der Waals surface area contributed by atoms with Crippen molar-refractivity contribution in [1.29, 1.82) is 0 Å². The maximum Gasteiger partial charge on any atom is 0.191 e. The highest BCUT2D eigenvalue weighted by Crippen LogP contribution is 2.20. The van der Waals surface area contributed by atoms with Crippen molar-refractivity contribution in [3.8, 4) is 5.75 Å². The molecule has 0 aliphatic carbocycles. The van der Waals surface area contributed by atoms with E-state index in [0.717, 1.165) is 49.4 Å². The molecule has 172 valence electrons. The van der Waals surface area contributed by atoms with Crippen LogP contribution in [0.15, 0.2) is 34.6 Å². The Labute approximate surface area is 207 Å². The molecule has 1 aromatic heterocycles. The van der Waals surface area contributed by atoms with Crippen LogP contribution in [0.5, 0.6) is 5.75 Å². The van der Waals surface area contributed by atoms with Gasteiger partial charge >= 0.3 is 0 Å². The third kappa shape index (κ3) is 8.23. The molecular formula is C23H36IN5OS. The maximum absolute atomic E-state index is 5.24. The average molecular weight is 558 g/mol. The molecule has 1 aliphatic rings. The van der Waals surface area contributed by atoms with Crippen molar-refractivity contribution in [1.82, 2.24) is 20.5 Å². The molecule has 6 nitrogen and oxygen atoms in total. The highest BCUT2D eigenvalue weighted by atomic mass is 127. The molecule has 0 saturated carbocycles. The molecule has 3 rings (SSSR count). The van der Waals surface area contributed by atoms with Gasteiger partial charge in [-0.2, -0.15) is 0 Å². The summed E-state index contributed by atoms with van der Waals surface area (Å²) >= 11 is 1.71. The van der Waals surface area contributed by atoms with E-state index in [1.807, 2.05) is 19.2 Å². The second-order valence-corrected chi connectivity index (χ2v) is 9.14. The van der Waals surface area contributed by atoms with E-state index in [0.29, 0.717) is 11.8 Å². The van der Waals surface area contributed by atoms with E-state index in [1.165, 1.54) is 24.1 Å². The Kier molecular flexibility index (Phi) is 11.0. The summed E-state index contributed by atoms with van der Waals surface area (Å²) in [6, 6.07) is 8.41. The lowest BCUT2D eigenvalue weighted by Gasteiger charge is -2.32. The third-order valence-electron chi connectivity index (χ3n) is 5.62. The Morgan fingerprint density at radius 1 is 1.23 bits per heavy atom. The van der Waals surface area contributed by atoms with Crippen molar-refractivity contribution < 1.29 is 4.74 Å². The smallest absolute Gasteiger partial charge is 0.191 e. The summed E-state index contributed by atoms with van der Waals surface area (Å²) in [7, 11) is 3.54. The van der Waals surface area contributed by atoms with E-state index in [2.05, 4.69) is 56.9 Å². The molecule has 2 heterocycles. The summed E-state index contributed by atoms with van der Waals surface area (Å²) in [6.45, 7) is 9.33. The maximum atomic E-state index is 5.24. The van der Waals surface area contributed by atoms with E-state index in [4.69, 9.17) is 4.74 Å². The topological polar surface area (TPSA) is 61.8 Å². The van der Waals surface area contributed by atoms with Crippen molar-refractivity contribution in [2.75, 3.05) is 33.8 Å². The second-order valence-electron chi connectivity index (χ2n) is 8.20. The van der Waals surface area contributed by atoms with E-state index < -0.39 is 0 Å². The van der Waals surface area contributed by atoms with Gasteiger partial charge in [0.25, 0.3) is 0 Å². The normalized spacial score (nSPS) is 15.6. The van der Waals surface area contributed by atoms with Crippen LogP contribution in [0.4, 0.5) is 0 Å². The SMILES string of the molecule is CN=C(NCc1nc(C(C)C)cs1)NCC1CCN(Cc2ccc(OC)cc2)CC1.I. The zero-order chi connectivity index (χ0) is 21.3. The van der Waals surface area contributed by atoms with Crippen molar-refractivity contribution in [3.63, 3.8) is 0 Å². The fraction of sp³-hybridized carbons (Fsp3) is 0.565. The lowest BCUT2D eigenvalue weighted by Crippen LogP contribution is -2.42. The van der Waals surface area contributed by atoms with Gasteiger partial charge in [-0.1, -0.05) is 26.0 Å². The number of nitrogens with zero attached hydrogens (tertiary/aromatic N) is 3. The molecule has 0 spiro atoms. The molecule has 1 saturated heterocycles. The number of methoxy groups -OCH3 is 1. The molecule has 8 heteroatoms. The van der Waals surface area contributed by atoms with Crippen molar-refractivity contribution in [2.45, 2.75) is 45.7 Å². The zero-order valence-corrected chi connectivity index (χ0v) is 22.2. The lowest BCUT2D eigenvalue weighted by molar-refractivity contribution is 0.178. The molecular weight excluding hydrogens is 521 g/mol. The molecule has 0 bridgehead atoms. The fourth-order valence-electron chi connectivity index (χ4n) is 3.63. The van der Waals surface area contributed by atoms with Gasteiger partial charge in [0.2, 0.25) is 0 Å². The third-order valence-corrected chi connectivity index (χ3v) is 6.49. The molecule has 31 heavy (non-hydrogen) atoms. The zero-order valence-electron chi connectivity index (χ0n) is 19.1. The van der Waals surface area contributed by atoms with Crippen LogP contribution in [0.2, 0.25) is 0 Å². The van der Waals surface area contributed by atoms with Crippen LogP contribution in [0.25, 0.3) is 0 Å². The quantitative estimate of drug-likeness (QED) is 0.285. The number of hydrogen-bond donors (Lipinski definition) is 2. The standard InChI is InChI=1S/C23H35N5OS.HI/c1-17(2)21-16-30-22(27-21)14-26-23(24-3)25-13-18-9-11-28(12-10-18)15-19-5-7-20(29-4)8-6-19;/h5-8,16-18H,9-15H2,1-4H3,(H2,24,25,26);1H. The Balaban J connectivity index is 0.00000341. The molecule has 0 unspecified atom stereocenters. The summed E-state index contributed by atoms with van der Waals surface area (Å²) < 4.78 is 5.24. The monoisotopic (exact) mass is 557 g/mol. The predicted octanol–water partition coefficient (Wildman–Crippen LogP) is 4.47. The van der Waals surface area contributed by atoms with Crippen molar-refractivity contribution in [2.24, 2.45) is 10.9 Å². The number of aliphatic imine (C=N–C) groups is 1. The first kappa shape index (κ1) is 25.9. The minimum atomic E-state index is 0. The number of aromatic nitrogens is 1. The molecule has 0 radical (unpaired) electrons. The van der Waals surface area contributed by atoms with Crippen LogP contribution in [0.1, 0.15) is 48.9 Å². The minimum Gasteiger partial charge on any atom is -0.497 e. The minimum absolute atomic E-state index is 0. The molecule has 2 aromatic rings. The summed E-state index contributed by atoms with van der Waals surface area (Å²) in [5.74, 6) is 2.93. The number of thiazole rings is 1. The molecule has 1 aromatic carbocycles. The van der Waals surface area contributed by atoms with Gasteiger partial charge in [0.05, 0.1) is 19.3 Å². The van der Waals surface area contributed by atoms with E-state index in [1.54, 1.807) is 18.4 Å². The first-order valence-electron chi connectivity index (χ1n) is 10.8. The van der Waals surface area contributed by atoms with Gasteiger partial charge in [0.15, 0.2) is 5.96 Å². The summed E-state index contributed by atoms with van der Waals surface area (Å²) in [5.41, 5.74) is 2.51. The van der Waals surface area contributed by atoms with Gasteiger partial charge in [-0.3, -0.25) is 9.89 Å². The van der Waals surface area contributed by atoms with Gasteiger partial charge in [0.1, 0.15) is 10.8 Å². The summed E-state index contributed by atoms with van der Waals surface area (Å²) in [6.07, 6.45) is 2.43. The van der Waals surface area contributed by atoms with Gasteiger partial charge in [0, 0.05) is 25.5 Å². The molecule has 1 fully saturated rings. The summed E-state index contributed by atoms with van der Waals surface area (Å²) in [4.78, 5) is 11.6. The second kappa shape index (κ2) is 13.2. The van der Waals surface area contributed by atoms with E-state index >= 15 is 0 Å². The molecule has 0 amide bonds. The first-order chi connectivity index (χ1) is 14.6. The van der Waals surface area contributed by atoms with Crippen LogP contribution >= 0.6 is 35.3 Å². The molecule has 1 aliphatic heterocycles. The number of benzene rings is 1. The summed E-state index contributed by atoms with van der Waals surface area (Å²) in [5, 5.41) is 10.1. The van der Waals surface area contributed by atoms with Crippen molar-refractivity contribution in [3.05, 3.63) is 45.9 Å². The van der Waals surface area contributed by atoms with Crippen LogP contribution in [-0.4, -0.2) is 49.6 Å². The van der Waals surface area contributed by atoms with E-state index in [9.17, 15) is 0 Å². The van der Waals surface area contributed by atoms with Crippen LogP contribution < -0.4 is 15.4 Å². The number of hydrogen-bond acceptors (Lipinski definition) is 5. The Bertz CT molecular complexity index is 801. The van der Waals surface area contributed by atoms with Gasteiger partial charge < -0.3 is 15.4 Å². The predicted molar refractivity (Wildman–Crippen MR) is 141 cm³/mol. The Hall–Kier alpha value is -1.39. The van der Waals surface area contributed by atoms with Crippen molar-refractivity contribution >= 4 is 41.3 Å². The van der Waals surface area contributed by atoms with Crippen LogP contribution in [0.3, 0.4) is 0 Å². The Morgan fingerprint density at radius 2 is 1.94 bits per heavy atom. The highest BCUT2D eigenvalue weighted by Gasteiger charge is 2.19. The number of rotatable bonds is 8.